The summed E-state index contributed by atoms with van der Waals surface area (Å²) in [4.78, 5) is 2.25. The minimum absolute atomic E-state index is 0.206. The molecule has 142 valence electrons. The monoisotopic (exact) mass is 368 g/mol. The Morgan fingerprint density at radius 2 is 1.76 bits per heavy atom. The Morgan fingerprint density at radius 1 is 1.16 bits per heavy atom. The Labute approximate surface area is 153 Å². The first kappa shape index (κ1) is 20.4. The van der Waals surface area contributed by atoms with E-state index in [0.29, 0.717) is 19.0 Å². The summed E-state index contributed by atoms with van der Waals surface area (Å²) in [5, 5.41) is 0. The van der Waals surface area contributed by atoms with Crippen molar-refractivity contribution in [2.24, 2.45) is 5.92 Å². The normalized spacial score (nSPS) is 17.3. The SMILES string of the molecule is CCS(=O)(=O)N1CCC(Cc2ccc(CN(C)CCOC)cc2)CC1. The van der Waals surface area contributed by atoms with Gasteiger partial charge < -0.3 is 4.74 Å². The first-order valence-electron chi connectivity index (χ1n) is 9.17. The summed E-state index contributed by atoms with van der Waals surface area (Å²) < 4.78 is 30.6. The molecule has 0 amide bonds. The van der Waals surface area contributed by atoms with E-state index in [9.17, 15) is 8.42 Å². The van der Waals surface area contributed by atoms with Gasteiger partial charge in [-0.3, -0.25) is 4.90 Å². The molecular formula is C19H32N2O3S. The molecule has 1 fully saturated rings. The molecule has 1 aliphatic rings. The van der Waals surface area contributed by atoms with E-state index < -0.39 is 10.0 Å². The van der Waals surface area contributed by atoms with E-state index in [1.54, 1.807) is 18.3 Å². The number of piperidine rings is 1. The van der Waals surface area contributed by atoms with Crippen molar-refractivity contribution in [3.8, 4) is 0 Å². The van der Waals surface area contributed by atoms with Gasteiger partial charge in [0.2, 0.25) is 10.0 Å². The van der Waals surface area contributed by atoms with Crippen LogP contribution >= 0.6 is 0 Å². The second kappa shape index (κ2) is 9.67. The third-order valence-electron chi connectivity index (χ3n) is 5.01. The maximum atomic E-state index is 11.9. The largest absolute Gasteiger partial charge is 0.383 e. The number of hydrogen-bond donors (Lipinski definition) is 0. The van der Waals surface area contributed by atoms with Crippen LogP contribution in [-0.2, 0) is 27.7 Å². The van der Waals surface area contributed by atoms with E-state index in [4.69, 9.17) is 4.74 Å². The second-order valence-electron chi connectivity index (χ2n) is 6.99. The van der Waals surface area contributed by atoms with Crippen LogP contribution < -0.4 is 0 Å². The highest BCUT2D eigenvalue weighted by Crippen LogP contribution is 2.23. The molecule has 0 N–H and O–H groups in total. The Hall–Kier alpha value is -0.950. The Bertz CT molecular complexity index is 608. The maximum Gasteiger partial charge on any atom is 0.213 e. The summed E-state index contributed by atoms with van der Waals surface area (Å²) in [5.74, 6) is 0.788. The van der Waals surface area contributed by atoms with E-state index in [2.05, 4.69) is 36.2 Å². The molecule has 0 bridgehead atoms. The van der Waals surface area contributed by atoms with Crippen molar-refractivity contribution >= 4 is 10.0 Å². The van der Waals surface area contributed by atoms with E-state index >= 15 is 0 Å². The molecule has 0 saturated carbocycles. The van der Waals surface area contributed by atoms with E-state index in [1.165, 1.54) is 11.1 Å². The van der Waals surface area contributed by atoms with Gasteiger partial charge in [-0.1, -0.05) is 24.3 Å². The van der Waals surface area contributed by atoms with Crippen LogP contribution in [0, 0.1) is 5.92 Å². The van der Waals surface area contributed by atoms with E-state index in [-0.39, 0.29) is 5.75 Å². The lowest BCUT2D eigenvalue weighted by atomic mass is 9.91. The molecule has 0 radical (unpaired) electrons. The topological polar surface area (TPSA) is 49.9 Å². The fourth-order valence-electron chi connectivity index (χ4n) is 3.33. The van der Waals surface area contributed by atoms with Crippen LogP contribution in [0.5, 0.6) is 0 Å². The van der Waals surface area contributed by atoms with Gasteiger partial charge in [-0.2, -0.15) is 0 Å². The van der Waals surface area contributed by atoms with Crippen molar-refractivity contribution in [3.05, 3.63) is 35.4 Å². The number of ether oxygens (including phenoxy) is 1. The van der Waals surface area contributed by atoms with Gasteiger partial charge in [-0.05, 0) is 50.3 Å². The van der Waals surface area contributed by atoms with Crippen molar-refractivity contribution in [1.29, 1.82) is 0 Å². The fraction of sp³-hybridized carbons (Fsp3) is 0.684. The molecule has 0 atom stereocenters. The zero-order valence-electron chi connectivity index (χ0n) is 15.8. The molecule has 0 unspecified atom stereocenters. The van der Waals surface area contributed by atoms with Crippen LogP contribution in [0.2, 0.25) is 0 Å². The predicted octanol–water partition coefficient (Wildman–Crippen LogP) is 2.37. The number of benzene rings is 1. The Balaban J connectivity index is 1.80. The van der Waals surface area contributed by atoms with Gasteiger partial charge in [-0.15, -0.1) is 0 Å². The zero-order chi connectivity index (χ0) is 18.3. The molecule has 2 rings (SSSR count). The highest BCUT2D eigenvalue weighted by molar-refractivity contribution is 7.89. The molecule has 6 heteroatoms. The van der Waals surface area contributed by atoms with E-state index in [1.807, 2.05) is 0 Å². The Morgan fingerprint density at radius 3 is 2.32 bits per heavy atom. The van der Waals surface area contributed by atoms with Gasteiger partial charge in [0, 0.05) is 33.3 Å². The van der Waals surface area contributed by atoms with Crippen LogP contribution in [-0.4, -0.2) is 63.8 Å². The quantitative estimate of drug-likeness (QED) is 0.671. The summed E-state index contributed by atoms with van der Waals surface area (Å²) in [6.45, 7) is 5.66. The molecule has 25 heavy (non-hydrogen) atoms. The van der Waals surface area contributed by atoms with Crippen molar-refractivity contribution in [2.75, 3.05) is 46.2 Å². The van der Waals surface area contributed by atoms with Crippen molar-refractivity contribution in [1.82, 2.24) is 9.21 Å². The number of nitrogens with zero attached hydrogens (tertiary/aromatic N) is 2. The molecule has 0 aromatic heterocycles. The summed E-state index contributed by atoms with van der Waals surface area (Å²) in [6.07, 6.45) is 2.96. The van der Waals surface area contributed by atoms with Crippen LogP contribution in [0.1, 0.15) is 30.9 Å². The van der Waals surface area contributed by atoms with Crippen LogP contribution in [0.25, 0.3) is 0 Å². The zero-order valence-corrected chi connectivity index (χ0v) is 16.6. The maximum absolute atomic E-state index is 11.9. The molecule has 5 nitrogen and oxygen atoms in total. The molecular weight excluding hydrogens is 336 g/mol. The minimum atomic E-state index is -3.02. The molecule has 1 aromatic carbocycles. The summed E-state index contributed by atoms with van der Waals surface area (Å²) in [5.41, 5.74) is 2.66. The summed E-state index contributed by atoms with van der Waals surface area (Å²) in [6, 6.07) is 8.84. The van der Waals surface area contributed by atoms with Gasteiger partial charge in [0.25, 0.3) is 0 Å². The highest BCUT2D eigenvalue weighted by Gasteiger charge is 2.26. The third kappa shape index (κ3) is 6.37. The molecule has 0 spiro atoms. The van der Waals surface area contributed by atoms with Crippen LogP contribution in [0.4, 0.5) is 0 Å². The molecule has 1 saturated heterocycles. The number of methoxy groups -OCH3 is 1. The first-order chi connectivity index (χ1) is 11.9. The lowest BCUT2D eigenvalue weighted by molar-refractivity contribution is 0.158. The van der Waals surface area contributed by atoms with Crippen LogP contribution in [0.3, 0.4) is 0 Å². The standard InChI is InChI=1S/C19H32N2O3S/c1-4-25(22,23)21-11-9-18(10-12-21)15-17-5-7-19(8-6-17)16-20(2)13-14-24-3/h5-8,18H,4,9-16H2,1-3H3. The van der Waals surface area contributed by atoms with Gasteiger partial charge in [0.15, 0.2) is 0 Å². The lowest BCUT2D eigenvalue weighted by Gasteiger charge is -2.31. The average Bonchev–Trinajstić information content (AvgIpc) is 2.62. The van der Waals surface area contributed by atoms with Crippen molar-refractivity contribution in [3.63, 3.8) is 0 Å². The fourth-order valence-corrected chi connectivity index (χ4v) is 4.46. The second-order valence-corrected chi connectivity index (χ2v) is 9.25. The number of hydrogen-bond acceptors (Lipinski definition) is 4. The predicted molar refractivity (Wildman–Crippen MR) is 102 cm³/mol. The number of sulfonamides is 1. The summed E-state index contributed by atoms with van der Waals surface area (Å²) >= 11 is 0. The molecule has 1 aromatic rings. The average molecular weight is 369 g/mol. The molecule has 0 aliphatic carbocycles. The van der Waals surface area contributed by atoms with Gasteiger partial charge in [0.1, 0.15) is 0 Å². The highest BCUT2D eigenvalue weighted by atomic mass is 32.2. The molecule has 1 heterocycles. The van der Waals surface area contributed by atoms with Crippen molar-refractivity contribution < 1.29 is 13.2 Å². The molecule has 1 aliphatic heterocycles. The smallest absolute Gasteiger partial charge is 0.213 e. The number of rotatable bonds is 9. The third-order valence-corrected chi connectivity index (χ3v) is 6.89. The van der Waals surface area contributed by atoms with Gasteiger partial charge >= 0.3 is 0 Å². The Kier molecular flexibility index (Phi) is 7.87. The van der Waals surface area contributed by atoms with Gasteiger partial charge in [-0.25, -0.2) is 12.7 Å². The van der Waals surface area contributed by atoms with E-state index in [0.717, 1.165) is 39.0 Å². The number of likely N-dealkylation sites (N-methyl/N-ethyl adjacent to an activating group) is 1. The van der Waals surface area contributed by atoms with Crippen molar-refractivity contribution in [2.45, 2.75) is 32.7 Å². The first-order valence-corrected chi connectivity index (χ1v) is 10.8. The van der Waals surface area contributed by atoms with Crippen LogP contribution in [0.15, 0.2) is 24.3 Å². The summed E-state index contributed by atoms with van der Waals surface area (Å²) in [7, 11) is 0.807. The minimum Gasteiger partial charge on any atom is -0.383 e. The van der Waals surface area contributed by atoms with Gasteiger partial charge in [0.05, 0.1) is 12.4 Å². The lowest BCUT2D eigenvalue weighted by Crippen LogP contribution is -2.39.